The zero-order chi connectivity index (χ0) is 12.0. The zero-order valence-corrected chi connectivity index (χ0v) is 10.0. The van der Waals surface area contributed by atoms with Crippen molar-refractivity contribution in [1.82, 2.24) is 10.6 Å². The molecule has 0 aromatic carbocycles. The van der Waals surface area contributed by atoms with E-state index >= 15 is 0 Å². The van der Waals surface area contributed by atoms with Crippen molar-refractivity contribution in [2.45, 2.75) is 25.8 Å². The fraction of sp³-hybridized carbons (Fsp3) is 0.800. The van der Waals surface area contributed by atoms with E-state index in [9.17, 15) is 9.59 Å². The van der Waals surface area contributed by atoms with E-state index in [-0.39, 0.29) is 11.9 Å². The van der Waals surface area contributed by atoms with Crippen molar-refractivity contribution in [2.24, 2.45) is 5.92 Å². The second kappa shape index (κ2) is 6.70. The van der Waals surface area contributed by atoms with Gasteiger partial charge in [-0.1, -0.05) is 0 Å². The Hall–Kier alpha value is -0.810. The van der Waals surface area contributed by atoms with Crippen molar-refractivity contribution in [3.8, 4) is 0 Å². The number of carbonyl (C=O) groups is 2. The number of carbonyl (C=O) groups excluding carboxylic acids is 2. The van der Waals surface area contributed by atoms with Crippen LogP contribution in [0.15, 0.2) is 0 Å². The summed E-state index contributed by atoms with van der Waals surface area (Å²) in [6, 6.07) is -0.448. The van der Waals surface area contributed by atoms with Crippen LogP contribution in [0.2, 0.25) is 0 Å². The monoisotopic (exact) mass is 248 g/mol. The van der Waals surface area contributed by atoms with Crippen LogP contribution in [0.4, 0.5) is 4.79 Å². The van der Waals surface area contributed by atoms with Gasteiger partial charge in [-0.3, -0.25) is 10.1 Å². The van der Waals surface area contributed by atoms with Crippen LogP contribution in [0, 0.1) is 5.92 Å². The molecule has 1 rings (SSSR count). The predicted octanol–water partition coefficient (Wildman–Crippen LogP) is 0.866. The summed E-state index contributed by atoms with van der Waals surface area (Å²) in [4.78, 5) is 22.2. The molecule has 0 radical (unpaired) electrons. The molecule has 92 valence electrons. The second-order valence-corrected chi connectivity index (χ2v) is 4.16. The Kier molecular flexibility index (Phi) is 5.55. The molecular formula is C10H17ClN2O3. The quantitative estimate of drug-likeness (QED) is 0.729. The Morgan fingerprint density at radius 1 is 1.44 bits per heavy atom. The van der Waals surface area contributed by atoms with Gasteiger partial charge in [0.25, 0.3) is 0 Å². The molecular weight excluding hydrogens is 232 g/mol. The summed E-state index contributed by atoms with van der Waals surface area (Å²) in [6.07, 6.45) is 1.87. The largest absolute Gasteiger partial charge is 0.381 e. The molecule has 5 nitrogen and oxygen atoms in total. The third-order valence-corrected chi connectivity index (χ3v) is 2.95. The highest BCUT2D eigenvalue weighted by Crippen LogP contribution is 2.18. The number of ether oxygens (including phenoxy) is 1. The zero-order valence-electron chi connectivity index (χ0n) is 9.29. The van der Waals surface area contributed by atoms with E-state index in [2.05, 4.69) is 10.6 Å². The molecule has 1 unspecified atom stereocenters. The maximum absolute atomic E-state index is 11.3. The van der Waals surface area contributed by atoms with Crippen LogP contribution in [0.25, 0.3) is 0 Å². The van der Waals surface area contributed by atoms with Crippen LogP contribution in [0.3, 0.4) is 0 Å². The third kappa shape index (κ3) is 4.37. The number of imide groups is 1. The topological polar surface area (TPSA) is 67.4 Å². The van der Waals surface area contributed by atoms with Gasteiger partial charge < -0.3 is 10.1 Å². The van der Waals surface area contributed by atoms with E-state index < -0.39 is 11.9 Å². The fourth-order valence-electron chi connectivity index (χ4n) is 1.74. The number of nitrogens with one attached hydrogen (secondary N) is 2. The first-order valence-electron chi connectivity index (χ1n) is 5.37. The first-order chi connectivity index (χ1) is 7.63. The summed E-state index contributed by atoms with van der Waals surface area (Å²) in [5, 5.41) is 4.88. The SMILES string of the molecule is CC(NC(=O)NC(=O)CCl)C1CCOCC1. The van der Waals surface area contributed by atoms with Gasteiger partial charge in [0.15, 0.2) is 0 Å². The molecule has 16 heavy (non-hydrogen) atoms. The van der Waals surface area contributed by atoms with Gasteiger partial charge in [0.2, 0.25) is 5.91 Å². The Labute approximate surface area is 99.9 Å². The Morgan fingerprint density at radius 3 is 2.62 bits per heavy atom. The molecule has 0 bridgehead atoms. The summed E-state index contributed by atoms with van der Waals surface area (Å²) < 4.78 is 5.24. The first-order valence-corrected chi connectivity index (χ1v) is 5.91. The number of alkyl halides is 1. The van der Waals surface area contributed by atoms with Crippen LogP contribution in [0.1, 0.15) is 19.8 Å². The van der Waals surface area contributed by atoms with Crippen molar-refractivity contribution >= 4 is 23.5 Å². The number of amides is 3. The Bertz CT molecular complexity index is 254. The molecule has 0 aromatic rings. The molecule has 1 heterocycles. The minimum atomic E-state index is -0.488. The summed E-state index contributed by atoms with van der Waals surface area (Å²) in [5.41, 5.74) is 0. The van der Waals surface area contributed by atoms with Crippen molar-refractivity contribution in [3.63, 3.8) is 0 Å². The lowest BCUT2D eigenvalue weighted by Crippen LogP contribution is -2.47. The van der Waals surface area contributed by atoms with Gasteiger partial charge in [-0.25, -0.2) is 4.79 Å². The van der Waals surface area contributed by atoms with E-state index in [1.807, 2.05) is 6.92 Å². The van der Waals surface area contributed by atoms with E-state index in [0.29, 0.717) is 5.92 Å². The number of halogens is 1. The number of hydrogen-bond acceptors (Lipinski definition) is 3. The maximum atomic E-state index is 11.3. The number of urea groups is 1. The van der Waals surface area contributed by atoms with Gasteiger partial charge in [0.05, 0.1) is 0 Å². The normalized spacial score (nSPS) is 18.9. The third-order valence-electron chi connectivity index (χ3n) is 2.71. The highest BCUT2D eigenvalue weighted by Gasteiger charge is 2.22. The van der Waals surface area contributed by atoms with Gasteiger partial charge in [0, 0.05) is 19.3 Å². The van der Waals surface area contributed by atoms with Crippen LogP contribution >= 0.6 is 11.6 Å². The highest BCUT2D eigenvalue weighted by molar-refractivity contribution is 6.28. The smallest absolute Gasteiger partial charge is 0.321 e. The maximum Gasteiger partial charge on any atom is 0.321 e. The second-order valence-electron chi connectivity index (χ2n) is 3.89. The highest BCUT2D eigenvalue weighted by atomic mass is 35.5. The standard InChI is InChI=1S/C10H17ClN2O3/c1-7(8-2-4-16-5-3-8)12-10(15)13-9(14)6-11/h7-8H,2-6H2,1H3,(H2,12,13,14,15). The molecule has 1 atom stereocenters. The lowest BCUT2D eigenvalue weighted by Gasteiger charge is -2.28. The fourth-order valence-corrected chi connectivity index (χ4v) is 1.80. The van der Waals surface area contributed by atoms with Crippen molar-refractivity contribution in [2.75, 3.05) is 19.1 Å². The van der Waals surface area contributed by atoms with Gasteiger partial charge in [0.1, 0.15) is 5.88 Å². The Balaban J connectivity index is 2.29. The predicted molar refractivity (Wildman–Crippen MR) is 60.4 cm³/mol. The van der Waals surface area contributed by atoms with Gasteiger partial charge >= 0.3 is 6.03 Å². The molecule has 1 fully saturated rings. The lowest BCUT2D eigenvalue weighted by molar-refractivity contribution is -0.117. The molecule has 3 amide bonds. The van der Waals surface area contributed by atoms with Crippen molar-refractivity contribution in [1.29, 1.82) is 0 Å². The summed E-state index contributed by atoms with van der Waals surface area (Å²) >= 11 is 5.27. The average molecular weight is 249 g/mol. The molecule has 0 spiro atoms. The minimum absolute atomic E-state index is 0.0343. The van der Waals surface area contributed by atoms with Crippen molar-refractivity contribution < 1.29 is 14.3 Å². The average Bonchev–Trinajstić information content (AvgIpc) is 2.29. The molecule has 2 N–H and O–H groups in total. The van der Waals surface area contributed by atoms with Crippen LogP contribution in [0.5, 0.6) is 0 Å². The minimum Gasteiger partial charge on any atom is -0.381 e. The van der Waals surface area contributed by atoms with E-state index in [1.165, 1.54) is 0 Å². The van der Waals surface area contributed by atoms with Gasteiger partial charge in [-0.15, -0.1) is 11.6 Å². The number of hydrogen-bond donors (Lipinski definition) is 2. The molecule has 0 aliphatic carbocycles. The van der Waals surface area contributed by atoms with Crippen LogP contribution in [-0.4, -0.2) is 37.1 Å². The Morgan fingerprint density at radius 2 is 2.06 bits per heavy atom. The number of rotatable bonds is 3. The molecule has 0 aromatic heterocycles. The van der Waals surface area contributed by atoms with Crippen molar-refractivity contribution in [3.05, 3.63) is 0 Å². The molecule has 0 saturated carbocycles. The van der Waals surface area contributed by atoms with Crippen LogP contribution in [-0.2, 0) is 9.53 Å². The molecule has 1 aliphatic rings. The molecule has 6 heteroatoms. The van der Waals surface area contributed by atoms with E-state index in [0.717, 1.165) is 26.1 Å². The van der Waals surface area contributed by atoms with E-state index in [1.54, 1.807) is 0 Å². The van der Waals surface area contributed by atoms with Gasteiger partial charge in [-0.2, -0.15) is 0 Å². The molecule has 1 saturated heterocycles. The van der Waals surface area contributed by atoms with E-state index in [4.69, 9.17) is 16.3 Å². The van der Waals surface area contributed by atoms with Gasteiger partial charge in [-0.05, 0) is 25.7 Å². The lowest BCUT2D eigenvalue weighted by atomic mass is 9.93. The van der Waals surface area contributed by atoms with Crippen LogP contribution < -0.4 is 10.6 Å². The first kappa shape index (κ1) is 13.3. The summed E-state index contributed by atoms with van der Waals surface area (Å²) in [6.45, 7) is 3.40. The summed E-state index contributed by atoms with van der Waals surface area (Å²) in [7, 11) is 0. The summed E-state index contributed by atoms with van der Waals surface area (Å²) in [5.74, 6) is -0.289. The molecule has 1 aliphatic heterocycles.